The lowest BCUT2D eigenvalue weighted by Gasteiger charge is -2.18. The summed E-state index contributed by atoms with van der Waals surface area (Å²) in [6.45, 7) is 19.3. The zero-order valence-corrected chi connectivity index (χ0v) is 36.8. The normalized spacial score (nSPS) is 17.0. The molecular formula is C53H47N4O3P. The fourth-order valence-electron chi connectivity index (χ4n) is 9.70. The van der Waals surface area contributed by atoms with Crippen molar-refractivity contribution in [3.8, 4) is 0 Å². The molecule has 0 saturated heterocycles. The second-order valence-electron chi connectivity index (χ2n) is 16.8. The molecule has 5 heterocycles. The van der Waals surface area contributed by atoms with E-state index in [4.69, 9.17) is 20.0 Å². The quantitative estimate of drug-likeness (QED) is 0.196. The number of fused-ring (bicyclic) bond motifs is 4. The van der Waals surface area contributed by atoms with Crippen molar-refractivity contribution in [3.63, 3.8) is 0 Å². The van der Waals surface area contributed by atoms with Gasteiger partial charge in [0.2, 0.25) is 0 Å². The highest BCUT2D eigenvalue weighted by atomic mass is 31.2. The van der Waals surface area contributed by atoms with E-state index in [1.165, 1.54) is 28.8 Å². The molecule has 0 aliphatic carbocycles. The maximum Gasteiger partial charge on any atom is 0.356 e. The summed E-state index contributed by atoms with van der Waals surface area (Å²) in [6, 6.07) is 19.7. The molecule has 8 heteroatoms. The third-order valence-corrected chi connectivity index (χ3v) is 12.9. The van der Waals surface area contributed by atoms with Crippen molar-refractivity contribution in [1.29, 1.82) is 0 Å². The molecule has 5 aliphatic rings. The molecule has 0 fully saturated rings. The predicted octanol–water partition coefficient (Wildman–Crippen LogP) is 11.3. The number of aryl methyl sites for hydroxylation is 9. The smallest absolute Gasteiger partial charge is 0.321 e. The fraction of sp³-hybridized carbons (Fsp3) is 0.170. The summed E-state index contributed by atoms with van der Waals surface area (Å²) in [5.74, 6) is 0. The van der Waals surface area contributed by atoms with Gasteiger partial charge in [-0.2, -0.15) is 0 Å². The number of aliphatic imine (C=N–C) groups is 4. The number of rotatable bonds is 5. The zero-order valence-electron chi connectivity index (χ0n) is 35.9. The third-order valence-electron chi connectivity index (χ3n) is 11.9. The molecule has 302 valence electrons. The largest absolute Gasteiger partial charge is 0.356 e. The van der Waals surface area contributed by atoms with Crippen LogP contribution in [0.4, 0.5) is 0 Å². The summed E-state index contributed by atoms with van der Waals surface area (Å²) in [5.41, 5.74) is 24.0. The zero-order chi connectivity index (χ0) is 43.1. The lowest BCUT2D eigenvalue weighted by Crippen LogP contribution is -2.07. The molecule has 2 N–H and O–H groups in total. The van der Waals surface area contributed by atoms with Crippen LogP contribution < -0.4 is 5.30 Å². The van der Waals surface area contributed by atoms with E-state index in [0.717, 1.165) is 112 Å². The van der Waals surface area contributed by atoms with Crippen molar-refractivity contribution in [3.05, 3.63) is 204 Å². The van der Waals surface area contributed by atoms with E-state index in [9.17, 15) is 14.4 Å². The number of allylic oxidation sites excluding steroid dienone is 12. The molecule has 5 aliphatic heterocycles. The number of nitrogens with zero attached hydrogens (tertiary/aromatic N) is 4. The fourth-order valence-corrected chi connectivity index (χ4v) is 10.2. The Morgan fingerprint density at radius 1 is 0.377 bits per heavy atom. The van der Waals surface area contributed by atoms with Gasteiger partial charge in [-0.3, -0.25) is 4.57 Å². The van der Waals surface area contributed by atoms with Crippen molar-refractivity contribution >= 4 is 58.0 Å². The van der Waals surface area contributed by atoms with E-state index < -0.39 is 7.60 Å². The summed E-state index contributed by atoms with van der Waals surface area (Å²) in [4.78, 5) is 41.9. The van der Waals surface area contributed by atoms with Crippen LogP contribution >= 0.6 is 7.60 Å². The highest BCUT2D eigenvalue weighted by Crippen LogP contribution is 2.42. The molecule has 0 saturated carbocycles. The Kier molecular flexibility index (Phi) is 9.83. The molecule has 9 rings (SSSR count). The van der Waals surface area contributed by atoms with Crippen molar-refractivity contribution in [1.82, 2.24) is 0 Å². The molecule has 7 nitrogen and oxygen atoms in total. The molecule has 0 aromatic heterocycles. The third kappa shape index (κ3) is 7.13. The maximum absolute atomic E-state index is 12.3. The van der Waals surface area contributed by atoms with Crippen LogP contribution in [-0.4, -0.2) is 32.6 Å². The Morgan fingerprint density at radius 3 is 0.918 bits per heavy atom. The standard InChI is InChI=1S/C53H47N4O3P/c1-28-22-31(4)47(32(5)23-28)51-41-16-14-39(54-41)50(37-10-12-38(13-11-37)61(58,59)60)40-15-17-42(55-40)52(48-33(6)24-29(2)25-34(48)7)44-19-21-46(57-44)53(45-20-18-43(51)56-45)49-35(8)26-30(3)27-36(49)9/h10-27H,1-9H3,(H2,58,59,60). The van der Waals surface area contributed by atoms with E-state index in [0.29, 0.717) is 11.4 Å². The van der Waals surface area contributed by atoms with Crippen LogP contribution in [0.1, 0.15) is 72.3 Å². The van der Waals surface area contributed by atoms with Crippen LogP contribution in [0.25, 0.3) is 22.3 Å². The van der Waals surface area contributed by atoms with Gasteiger partial charge in [-0.15, -0.1) is 0 Å². The predicted molar refractivity (Wildman–Crippen MR) is 254 cm³/mol. The van der Waals surface area contributed by atoms with E-state index in [-0.39, 0.29) is 5.30 Å². The summed E-state index contributed by atoms with van der Waals surface area (Å²) in [7, 11) is -4.47. The van der Waals surface area contributed by atoms with Gasteiger partial charge in [-0.05, 0) is 179 Å². The van der Waals surface area contributed by atoms with Crippen LogP contribution in [0.2, 0.25) is 0 Å². The number of hydrogen-bond acceptors (Lipinski definition) is 5. The van der Waals surface area contributed by atoms with E-state index >= 15 is 0 Å². The lowest BCUT2D eigenvalue weighted by molar-refractivity contribution is 0.387. The molecule has 4 aromatic rings. The summed E-state index contributed by atoms with van der Waals surface area (Å²) >= 11 is 0. The molecule has 0 radical (unpaired) electrons. The highest BCUT2D eigenvalue weighted by Gasteiger charge is 2.30. The van der Waals surface area contributed by atoms with Gasteiger partial charge in [-0.25, -0.2) is 20.0 Å². The van der Waals surface area contributed by atoms with Gasteiger partial charge in [0.1, 0.15) is 0 Å². The van der Waals surface area contributed by atoms with Gasteiger partial charge in [-0.1, -0.05) is 65.2 Å². The van der Waals surface area contributed by atoms with Crippen molar-refractivity contribution in [2.75, 3.05) is 0 Å². The molecule has 8 bridgehead atoms. The van der Waals surface area contributed by atoms with Crippen LogP contribution in [0.15, 0.2) is 152 Å². The SMILES string of the molecule is Cc1cc(C)c(C2=C3C=CC(=N3)C(c3ccc(P(=O)(O)O)cc3)=C3C=CC(=N3)C(c3c(C)cc(C)cc3C)=C3C=CC(=N3)C(c3c(C)cc(C)cc3C)=C3C=CC2=N3)c(C)c1. The average molecular weight is 819 g/mol. The minimum Gasteiger partial charge on any atom is -0.321 e. The Bertz CT molecular complexity index is 3000. The van der Waals surface area contributed by atoms with Gasteiger partial charge in [0.25, 0.3) is 0 Å². The first kappa shape index (κ1) is 40.1. The van der Waals surface area contributed by atoms with Crippen molar-refractivity contribution in [2.24, 2.45) is 20.0 Å². The minimum atomic E-state index is -4.47. The van der Waals surface area contributed by atoms with Crippen LogP contribution in [0, 0.1) is 62.3 Å². The molecule has 0 atom stereocenters. The van der Waals surface area contributed by atoms with Gasteiger partial charge in [0, 0.05) is 22.3 Å². The molecule has 0 amide bonds. The average Bonchev–Trinajstić information content (AvgIpc) is 4.01. The number of hydrogen-bond donors (Lipinski definition) is 2. The molecular weight excluding hydrogens is 772 g/mol. The Labute approximate surface area is 357 Å². The van der Waals surface area contributed by atoms with Gasteiger partial charge in [0.15, 0.2) is 0 Å². The minimum absolute atomic E-state index is 0.0531. The first-order valence-electron chi connectivity index (χ1n) is 20.5. The van der Waals surface area contributed by atoms with Crippen LogP contribution in [0.5, 0.6) is 0 Å². The van der Waals surface area contributed by atoms with Crippen LogP contribution in [-0.2, 0) is 4.57 Å². The number of benzene rings is 4. The second kappa shape index (κ2) is 15.0. The van der Waals surface area contributed by atoms with Gasteiger partial charge < -0.3 is 9.79 Å². The molecule has 61 heavy (non-hydrogen) atoms. The Hall–Kier alpha value is -6.37. The molecule has 0 spiro atoms. The maximum atomic E-state index is 12.3. The van der Waals surface area contributed by atoms with Gasteiger partial charge in [0.05, 0.1) is 50.9 Å². The first-order valence-corrected chi connectivity index (χ1v) is 22.1. The summed E-state index contributed by atoms with van der Waals surface area (Å²) in [6.07, 6.45) is 16.5. The van der Waals surface area contributed by atoms with E-state index in [1.54, 1.807) is 12.1 Å². The first-order chi connectivity index (χ1) is 29.0. The highest BCUT2D eigenvalue weighted by molar-refractivity contribution is 7.60. The Morgan fingerprint density at radius 2 is 0.639 bits per heavy atom. The van der Waals surface area contributed by atoms with Crippen molar-refractivity contribution in [2.45, 2.75) is 62.3 Å². The topological polar surface area (TPSA) is 107 Å². The van der Waals surface area contributed by atoms with Crippen LogP contribution in [0.3, 0.4) is 0 Å². The summed E-state index contributed by atoms with van der Waals surface area (Å²) in [5, 5.41) is -0.0531. The van der Waals surface area contributed by atoms with Crippen molar-refractivity contribution < 1.29 is 14.4 Å². The monoisotopic (exact) mass is 818 g/mol. The van der Waals surface area contributed by atoms with E-state index in [2.05, 4.69) is 123 Å². The Balaban J connectivity index is 1.41. The van der Waals surface area contributed by atoms with E-state index in [1.807, 2.05) is 24.3 Å². The van der Waals surface area contributed by atoms with Gasteiger partial charge >= 0.3 is 7.60 Å². The second-order valence-corrected chi connectivity index (χ2v) is 18.4. The molecule has 4 aromatic carbocycles. The lowest BCUT2D eigenvalue weighted by atomic mass is 9.89. The molecule has 0 unspecified atom stereocenters. The summed E-state index contributed by atoms with van der Waals surface area (Å²) < 4.78 is 12.3.